The predicted octanol–water partition coefficient (Wildman–Crippen LogP) is 3.49. The van der Waals surface area contributed by atoms with E-state index in [1.54, 1.807) is 6.07 Å². The molecule has 1 aliphatic rings. The first kappa shape index (κ1) is 16.4. The second-order valence-corrected chi connectivity index (χ2v) is 6.61. The van der Waals surface area contributed by atoms with Crippen LogP contribution in [0.25, 0.3) is 10.9 Å². The van der Waals surface area contributed by atoms with Gasteiger partial charge in [0.25, 0.3) is 5.91 Å². The number of para-hydroxylation sites is 1. The quantitative estimate of drug-likeness (QED) is 0.785. The highest BCUT2D eigenvalue weighted by atomic mass is 16.1. The van der Waals surface area contributed by atoms with Crippen molar-refractivity contribution in [3.05, 3.63) is 53.5 Å². The number of pyridine rings is 1. The van der Waals surface area contributed by atoms with Gasteiger partial charge in [0.15, 0.2) is 0 Å². The molecular formula is C20H21N5O. The molecule has 6 heteroatoms. The summed E-state index contributed by atoms with van der Waals surface area (Å²) >= 11 is 0. The van der Waals surface area contributed by atoms with Gasteiger partial charge in [-0.15, -0.1) is 0 Å². The minimum atomic E-state index is -0.250. The number of aryl methyl sites for hydroxylation is 2. The molecule has 1 aliphatic heterocycles. The number of carbonyl (C=O) groups excluding carboxylic acids is 1. The Morgan fingerprint density at radius 1 is 0.962 bits per heavy atom. The lowest BCUT2D eigenvalue weighted by atomic mass is 10.2. The van der Waals surface area contributed by atoms with Gasteiger partial charge in [0.2, 0.25) is 5.95 Å². The molecule has 1 amide bonds. The van der Waals surface area contributed by atoms with Crippen LogP contribution in [0.1, 0.15) is 34.7 Å². The molecule has 132 valence electrons. The van der Waals surface area contributed by atoms with E-state index >= 15 is 0 Å². The highest BCUT2D eigenvalue weighted by Gasteiger charge is 2.19. The first-order chi connectivity index (χ1) is 12.6. The average Bonchev–Trinajstić information content (AvgIpc) is 3.18. The van der Waals surface area contributed by atoms with Crippen molar-refractivity contribution in [2.45, 2.75) is 26.7 Å². The fourth-order valence-corrected chi connectivity index (χ4v) is 3.31. The van der Waals surface area contributed by atoms with Crippen LogP contribution in [0.5, 0.6) is 0 Å². The highest BCUT2D eigenvalue weighted by Crippen LogP contribution is 2.23. The second kappa shape index (κ2) is 6.71. The summed E-state index contributed by atoms with van der Waals surface area (Å²) in [4.78, 5) is 28.5. The Kier molecular flexibility index (Phi) is 4.24. The van der Waals surface area contributed by atoms with Crippen LogP contribution in [-0.4, -0.2) is 33.9 Å². The largest absolute Gasteiger partial charge is 0.341 e. The van der Waals surface area contributed by atoms with E-state index in [0.717, 1.165) is 41.3 Å². The third kappa shape index (κ3) is 3.10. The first-order valence-electron chi connectivity index (χ1n) is 8.89. The van der Waals surface area contributed by atoms with Gasteiger partial charge in [-0.2, -0.15) is 0 Å². The number of fused-ring (bicyclic) bond motifs is 1. The average molecular weight is 347 g/mol. The Labute approximate surface area is 152 Å². The summed E-state index contributed by atoms with van der Waals surface area (Å²) in [5.74, 6) is 0.499. The fourth-order valence-electron chi connectivity index (χ4n) is 3.31. The molecule has 0 bridgehead atoms. The van der Waals surface area contributed by atoms with Crippen molar-refractivity contribution in [2.75, 3.05) is 23.3 Å². The Bertz CT molecular complexity index is 956. The molecule has 0 aliphatic carbocycles. The molecule has 2 aromatic heterocycles. The minimum Gasteiger partial charge on any atom is -0.341 e. The lowest BCUT2D eigenvalue weighted by Gasteiger charge is -2.18. The number of aromatic nitrogens is 3. The molecule has 1 saturated heterocycles. The molecule has 1 N–H and O–H groups in total. The topological polar surface area (TPSA) is 71.0 Å². The maximum Gasteiger partial charge on any atom is 0.274 e. The van der Waals surface area contributed by atoms with Gasteiger partial charge in [0.1, 0.15) is 5.69 Å². The van der Waals surface area contributed by atoms with E-state index in [-0.39, 0.29) is 5.91 Å². The Morgan fingerprint density at radius 2 is 1.65 bits per heavy atom. The molecule has 0 radical (unpaired) electrons. The van der Waals surface area contributed by atoms with Gasteiger partial charge in [0, 0.05) is 18.5 Å². The van der Waals surface area contributed by atoms with Crippen molar-refractivity contribution < 1.29 is 4.79 Å². The molecule has 6 nitrogen and oxygen atoms in total. The van der Waals surface area contributed by atoms with E-state index in [4.69, 9.17) is 0 Å². The number of hydrogen-bond acceptors (Lipinski definition) is 5. The summed E-state index contributed by atoms with van der Waals surface area (Å²) in [6, 6.07) is 11.4. The molecule has 1 fully saturated rings. The van der Waals surface area contributed by atoms with Crippen molar-refractivity contribution >= 4 is 28.4 Å². The van der Waals surface area contributed by atoms with Crippen molar-refractivity contribution in [1.29, 1.82) is 0 Å². The molecule has 4 rings (SSSR count). The third-order valence-electron chi connectivity index (χ3n) is 4.72. The summed E-state index contributed by atoms with van der Waals surface area (Å²) in [5.41, 5.74) is 3.38. The number of benzene rings is 1. The summed E-state index contributed by atoms with van der Waals surface area (Å²) in [6.45, 7) is 5.78. The van der Waals surface area contributed by atoms with Gasteiger partial charge in [-0.1, -0.05) is 24.3 Å². The maximum atomic E-state index is 12.7. The molecule has 3 aromatic rings. The number of amides is 1. The number of rotatable bonds is 3. The van der Waals surface area contributed by atoms with Crippen LogP contribution in [0.15, 0.2) is 36.4 Å². The van der Waals surface area contributed by atoms with Crippen molar-refractivity contribution in [2.24, 2.45) is 0 Å². The van der Waals surface area contributed by atoms with Crippen molar-refractivity contribution in [3.63, 3.8) is 0 Å². The molecule has 0 spiro atoms. The Hall–Kier alpha value is -3.02. The molecular weight excluding hydrogens is 326 g/mol. The standard InChI is InChI=1S/C20H21N5O/c1-13-18(14(2)22-20(21-13)25-11-5-6-12-25)24-19(26)17-10-9-15-7-3-4-8-16(15)23-17/h3-4,7-10H,5-6,11-12H2,1-2H3,(H,24,26). The minimum absolute atomic E-state index is 0.250. The van der Waals surface area contributed by atoms with Crippen LogP contribution >= 0.6 is 0 Å². The predicted molar refractivity (Wildman–Crippen MR) is 103 cm³/mol. The Morgan fingerprint density at radius 3 is 2.38 bits per heavy atom. The lowest BCUT2D eigenvalue weighted by molar-refractivity contribution is 0.102. The monoisotopic (exact) mass is 347 g/mol. The normalized spacial score (nSPS) is 14.0. The van der Waals surface area contributed by atoms with Crippen LogP contribution < -0.4 is 10.2 Å². The number of nitrogens with zero attached hydrogens (tertiary/aromatic N) is 4. The van der Waals surface area contributed by atoms with Gasteiger partial charge in [0.05, 0.1) is 22.6 Å². The third-order valence-corrected chi connectivity index (χ3v) is 4.72. The SMILES string of the molecule is Cc1nc(N2CCCC2)nc(C)c1NC(=O)c1ccc2ccccc2n1. The molecule has 0 saturated carbocycles. The van der Waals surface area contributed by atoms with E-state index in [0.29, 0.717) is 11.4 Å². The van der Waals surface area contributed by atoms with Crippen LogP contribution in [-0.2, 0) is 0 Å². The number of anilines is 2. The van der Waals surface area contributed by atoms with E-state index in [9.17, 15) is 4.79 Å². The first-order valence-corrected chi connectivity index (χ1v) is 8.89. The summed E-state index contributed by atoms with van der Waals surface area (Å²) in [6.07, 6.45) is 2.35. The molecule has 0 atom stereocenters. The maximum absolute atomic E-state index is 12.7. The zero-order valence-electron chi connectivity index (χ0n) is 15.0. The summed E-state index contributed by atoms with van der Waals surface area (Å²) in [5, 5.41) is 3.94. The number of carbonyl (C=O) groups is 1. The molecule has 3 heterocycles. The van der Waals surface area contributed by atoms with Gasteiger partial charge >= 0.3 is 0 Å². The van der Waals surface area contributed by atoms with Gasteiger partial charge in [-0.05, 0) is 38.8 Å². The van der Waals surface area contributed by atoms with Crippen LogP contribution in [0.3, 0.4) is 0 Å². The zero-order chi connectivity index (χ0) is 18.1. The Balaban J connectivity index is 1.60. The molecule has 26 heavy (non-hydrogen) atoms. The van der Waals surface area contributed by atoms with Crippen LogP contribution in [0.2, 0.25) is 0 Å². The zero-order valence-corrected chi connectivity index (χ0v) is 15.0. The number of nitrogens with one attached hydrogen (secondary N) is 1. The van der Waals surface area contributed by atoms with E-state index in [2.05, 4.69) is 25.2 Å². The van der Waals surface area contributed by atoms with Gasteiger partial charge in [-0.25, -0.2) is 15.0 Å². The smallest absolute Gasteiger partial charge is 0.274 e. The molecule has 1 aromatic carbocycles. The van der Waals surface area contributed by atoms with Crippen molar-refractivity contribution in [3.8, 4) is 0 Å². The van der Waals surface area contributed by atoms with Crippen LogP contribution in [0.4, 0.5) is 11.6 Å². The van der Waals surface area contributed by atoms with Gasteiger partial charge in [-0.3, -0.25) is 4.79 Å². The van der Waals surface area contributed by atoms with E-state index in [1.807, 2.05) is 44.2 Å². The summed E-state index contributed by atoms with van der Waals surface area (Å²) in [7, 11) is 0. The number of hydrogen-bond donors (Lipinski definition) is 1. The van der Waals surface area contributed by atoms with E-state index < -0.39 is 0 Å². The second-order valence-electron chi connectivity index (χ2n) is 6.61. The van der Waals surface area contributed by atoms with Gasteiger partial charge < -0.3 is 10.2 Å². The summed E-state index contributed by atoms with van der Waals surface area (Å²) < 4.78 is 0. The fraction of sp³-hybridized carbons (Fsp3) is 0.300. The molecule has 0 unspecified atom stereocenters. The van der Waals surface area contributed by atoms with E-state index in [1.165, 1.54) is 12.8 Å². The highest BCUT2D eigenvalue weighted by molar-refractivity contribution is 6.04. The van der Waals surface area contributed by atoms with Crippen molar-refractivity contribution in [1.82, 2.24) is 15.0 Å². The lowest BCUT2D eigenvalue weighted by Crippen LogP contribution is -2.22. The van der Waals surface area contributed by atoms with Crippen LogP contribution in [0, 0.1) is 13.8 Å².